The molecule has 0 aliphatic carbocycles. The third-order valence-electron chi connectivity index (χ3n) is 11.8. The number of hydrogen-bond donors (Lipinski definition) is 1. The molecular weight excluding hydrogens is 741 g/mol. The van der Waals surface area contributed by atoms with Gasteiger partial charge in [0, 0.05) is 53.5 Å². The molecule has 1 N–H and O–H groups in total. The van der Waals surface area contributed by atoms with Crippen LogP contribution < -0.4 is 4.57 Å². The summed E-state index contributed by atoms with van der Waals surface area (Å²) in [6, 6.07) is 64.6. The summed E-state index contributed by atoms with van der Waals surface area (Å²) in [4.78, 5) is 19.1. The maximum Gasteiger partial charge on any atom is 0.292 e. The maximum absolute atomic E-state index is 5.14. The molecule has 8 aromatic carbocycles. The molecule has 5 heterocycles. The summed E-state index contributed by atoms with van der Waals surface area (Å²) in [5.41, 5.74) is 13.2. The Bertz CT molecular complexity index is 3660. The van der Waals surface area contributed by atoms with E-state index >= 15 is 0 Å². The fraction of sp³-hybridized carbons (Fsp3) is 0. The fourth-order valence-electron chi connectivity index (χ4n) is 9.17. The minimum absolute atomic E-state index is 0.634. The molecule has 0 bridgehead atoms. The molecule has 0 unspecified atom stereocenters. The van der Waals surface area contributed by atoms with Crippen LogP contribution in [0.5, 0.6) is 0 Å². The zero-order valence-electron chi connectivity index (χ0n) is 31.5. The maximum atomic E-state index is 5.14. The second-order valence-corrected chi connectivity index (χ2v) is 16.2. The van der Waals surface area contributed by atoms with E-state index in [4.69, 9.17) is 15.0 Å². The van der Waals surface area contributed by atoms with E-state index in [-0.39, 0.29) is 0 Å². The number of fused-ring (bicyclic) bond motifs is 6. The number of nitrogens with zero attached hydrogens (tertiary/aromatic N) is 5. The van der Waals surface area contributed by atoms with Crippen molar-refractivity contribution >= 4 is 64.3 Å². The van der Waals surface area contributed by atoms with Crippen molar-refractivity contribution < 1.29 is 4.57 Å². The van der Waals surface area contributed by atoms with Crippen molar-refractivity contribution in [3.05, 3.63) is 182 Å². The number of hydrogen-bond acceptors (Lipinski definition) is 4. The van der Waals surface area contributed by atoms with Gasteiger partial charge in [-0.15, -0.1) is 11.3 Å². The molecule has 0 radical (unpaired) electrons. The predicted octanol–water partition coefficient (Wildman–Crippen LogP) is 12.7. The van der Waals surface area contributed by atoms with Crippen LogP contribution in [-0.2, 0) is 0 Å². The van der Waals surface area contributed by atoms with Gasteiger partial charge in [-0.3, -0.25) is 0 Å². The van der Waals surface area contributed by atoms with Crippen molar-refractivity contribution in [3.63, 3.8) is 0 Å². The lowest BCUT2D eigenvalue weighted by molar-refractivity contribution is -0.553. The Morgan fingerprint density at radius 1 is 0.458 bits per heavy atom. The molecule has 0 atom stereocenters. The molecule has 6 nitrogen and oxygen atoms in total. The number of rotatable bonds is 5. The van der Waals surface area contributed by atoms with Crippen LogP contribution >= 0.6 is 11.3 Å². The molecular formula is C52H31N6S+. The number of aromatic amines is 1. The molecule has 12 aromatic rings. The Balaban J connectivity index is 0.995. The van der Waals surface area contributed by atoms with Gasteiger partial charge >= 0.3 is 0 Å². The van der Waals surface area contributed by atoms with Crippen LogP contribution in [0.15, 0.2) is 182 Å². The third kappa shape index (κ3) is 4.79. The van der Waals surface area contributed by atoms with Gasteiger partial charge in [-0.25, -0.2) is 19.9 Å². The standard InChI is InChI=1S/C52H30N6S/c1-3-12-31(13-4-1)49-54-50(56-51(55-49)34-24-29-45-39(30-34)37-17-8-10-21-44(37)59-45)32-22-25-35(26-23-32)57-42-20-11-18-38-36-16-7-9-19-41(36)58-48-40(27-28-43(57)47(48)46(38)42)53-52(58)33-14-5-2-6-15-33/h1-30H/p+1. The van der Waals surface area contributed by atoms with Crippen LogP contribution in [0.3, 0.4) is 0 Å². The van der Waals surface area contributed by atoms with Crippen LogP contribution in [0, 0.1) is 0 Å². The zero-order valence-corrected chi connectivity index (χ0v) is 32.3. The number of aromatic nitrogens is 6. The minimum Gasteiger partial charge on any atom is -0.309 e. The normalized spacial score (nSPS) is 12.1. The summed E-state index contributed by atoms with van der Waals surface area (Å²) < 4.78 is 7.35. The monoisotopic (exact) mass is 771 g/mol. The van der Waals surface area contributed by atoms with Gasteiger partial charge in [0.15, 0.2) is 28.5 Å². The number of para-hydroxylation sites is 1. The van der Waals surface area contributed by atoms with Gasteiger partial charge in [0.1, 0.15) is 5.69 Å². The van der Waals surface area contributed by atoms with E-state index in [9.17, 15) is 0 Å². The van der Waals surface area contributed by atoms with Crippen molar-refractivity contribution in [1.29, 1.82) is 0 Å². The quantitative estimate of drug-likeness (QED) is 0.177. The summed E-state index contributed by atoms with van der Waals surface area (Å²) in [6.07, 6.45) is 0. The van der Waals surface area contributed by atoms with Crippen molar-refractivity contribution in [3.8, 4) is 68.1 Å². The number of nitrogens with one attached hydrogen (secondary N) is 1. The molecule has 4 aromatic heterocycles. The molecule has 0 saturated carbocycles. The first-order valence-electron chi connectivity index (χ1n) is 19.8. The van der Waals surface area contributed by atoms with Gasteiger partial charge in [0.05, 0.1) is 22.0 Å². The molecule has 59 heavy (non-hydrogen) atoms. The Morgan fingerprint density at radius 3 is 1.90 bits per heavy atom. The summed E-state index contributed by atoms with van der Waals surface area (Å²) in [5, 5.41) is 4.95. The van der Waals surface area contributed by atoms with Crippen molar-refractivity contribution in [1.82, 2.24) is 24.5 Å². The lowest BCUT2D eigenvalue weighted by Crippen LogP contribution is -2.32. The molecule has 0 saturated heterocycles. The number of benzene rings is 8. The van der Waals surface area contributed by atoms with E-state index in [0.29, 0.717) is 17.5 Å². The summed E-state index contributed by atoms with van der Waals surface area (Å²) >= 11 is 1.81. The highest BCUT2D eigenvalue weighted by atomic mass is 32.1. The molecule has 0 fully saturated rings. The molecule has 1 aliphatic rings. The second kappa shape index (κ2) is 12.4. The molecule has 1 aliphatic heterocycles. The van der Waals surface area contributed by atoms with Crippen molar-refractivity contribution in [2.24, 2.45) is 0 Å². The topological polar surface area (TPSA) is 63.3 Å². The third-order valence-corrected chi connectivity index (χ3v) is 13.0. The first-order valence-corrected chi connectivity index (χ1v) is 20.6. The molecule has 7 heteroatoms. The van der Waals surface area contributed by atoms with E-state index in [0.717, 1.165) is 50.3 Å². The van der Waals surface area contributed by atoms with Crippen molar-refractivity contribution in [2.45, 2.75) is 0 Å². The lowest BCUT2D eigenvalue weighted by Gasteiger charge is -2.12. The Kier molecular flexibility index (Phi) is 6.79. The predicted molar refractivity (Wildman–Crippen MR) is 241 cm³/mol. The average Bonchev–Trinajstić information content (AvgIpc) is 3.96. The van der Waals surface area contributed by atoms with E-state index < -0.39 is 0 Å². The summed E-state index contributed by atoms with van der Waals surface area (Å²) in [6.45, 7) is 0. The minimum atomic E-state index is 0.634. The van der Waals surface area contributed by atoms with Crippen LogP contribution in [-0.4, -0.2) is 24.5 Å². The summed E-state index contributed by atoms with van der Waals surface area (Å²) in [7, 11) is 0. The van der Waals surface area contributed by atoms with Gasteiger partial charge in [-0.05, 0) is 90.5 Å². The fourth-order valence-corrected chi connectivity index (χ4v) is 10.3. The summed E-state index contributed by atoms with van der Waals surface area (Å²) in [5.74, 6) is 3.00. The Morgan fingerprint density at radius 2 is 1.08 bits per heavy atom. The van der Waals surface area contributed by atoms with Gasteiger partial charge < -0.3 is 4.57 Å². The smallest absolute Gasteiger partial charge is 0.292 e. The number of imidazole rings is 1. The average molecular weight is 772 g/mol. The van der Waals surface area contributed by atoms with E-state index in [1.165, 1.54) is 53.3 Å². The first kappa shape index (κ1) is 32.4. The highest BCUT2D eigenvalue weighted by Gasteiger charge is 2.32. The van der Waals surface area contributed by atoms with Crippen LogP contribution in [0.2, 0.25) is 0 Å². The largest absolute Gasteiger partial charge is 0.309 e. The number of H-pyrrole nitrogens is 1. The van der Waals surface area contributed by atoms with Gasteiger partial charge in [-0.1, -0.05) is 97.1 Å². The van der Waals surface area contributed by atoms with Gasteiger partial charge in [0.2, 0.25) is 0 Å². The molecule has 0 spiro atoms. The van der Waals surface area contributed by atoms with Crippen LogP contribution in [0.4, 0.5) is 0 Å². The molecule has 0 amide bonds. The van der Waals surface area contributed by atoms with Gasteiger partial charge in [0.25, 0.3) is 5.82 Å². The Labute approximate surface area is 342 Å². The highest BCUT2D eigenvalue weighted by Crippen LogP contribution is 2.45. The van der Waals surface area contributed by atoms with Crippen LogP contribution in [0.1, 0.15) is 0 Å². The zero-order chi connectivity index (χ0) is 38.6. The Hall–Kier alpha value is -7.74. The van der Waals surface area contributed by atoms with E-state index in [2.05, 4.69) is 178 Å². The first-order chi connectivity index (χ1) is 29.2. The highest BCUT2D eigenvalue weighted by molar-refractivity contribution is 7.25. The number of thiophene rings is 1. The van der Waals surface area contributed by atoms with E-state index in [1.807, 2.05) is 29.5 Å². The van der Waals surface area contributed by atoms with E-state index in [1.54, 1.807) is 0 Å². The molecule has 274 valence electrons. The van der Waals surface area contributed by atoms with Gasteiger partial charge in [-0.2, -0.15) is 4.57 Å². The van der Waals surface area contributed by atoms with Crippen molar-refractivity contribution in [2.75, 3.05) is 0 Å². The molecule has 13 rings (SSSR count). The lowest BCUT2D eigenvalue weighted by atomic mass is 9.99. The van der Waals surface area contributed by atoms with Crippen LogP contribution in [0.25, 0.3) is 121 Å². The second-order valence-electron chi connectivity index (χ2n) is 15.1. The SMILES string of the molecule is c1ccc(-c2nc(-c3ccc(-n4c5cccc6c5c5c4ccc4[nH]c(-c7ccccc7)[n+](c45)-c4ccccc4-6)cc3)nc(-c3ccc4sc5ccccc5c4c3)n2)cc1.